The zero-order chi connectivity index (χ0) is 10.7. The van der Waals surface area contributed by atoms with Crippen molar-refractivity contribution in [3.63, 3.8) is 0 Å². The van der Waals surface area contributed by atoms with Gasteiger partial charge in [0.25, 0.3) is 0 Å². The van der Waals surface area contributed by atoms with Gasteiger partial charge < -0.3 is 9.72 Å². The number of aromatic nitrogens is 2. The summed E-state index contributed by atoms with van der Waals surface area (Å²) in [6.07, 6.45) is 0.419. The van der Waals surface area contributed by atoms with Crippen LogP contribution in [-0.4, -0.2) is 22.5 Å². The van der Waals surface area contributed by atoms with Crippen LogP contribution in [0.3, 0.4) is 0 Å². The van der Waals surface area contributed by atoms with Crippen molar-refractivity contribution in [3.05, 3.63) is 30.1 Å². The number of H-pyrrole nitrogens is 1. The third kappa shape index (κ3) is 2.73. The highest BCUT2D eigenvalue weighted by molar-refractivity contribution is 5.85. The third-order valence-corrected chi connectivity index (χ3v) is 2.08. The normalized spacial score (nSPS) is 9.81. The average Bonchev–Trinajstić information content (AvgIpc) is 2.59. The summed E-state index contributed by atoms with van der Waals surface area (Å²) in [5.74, 6) is 1.02. The fraction of sp³-hybridized carbons (Fsp3) is 0.273. The Hall–Kier alpha value is -1.55. The highest BCUT2D eigenvalue weighted by Gasteiger charge is 2.05. The summed E-state index contributed by atoms with van der Waals surface area (Å²) in [7, 11) is 0. The molecule has 1 heterocycles. The lowest BCUT2D eigenvalue weighted by atomic mass is 10.3. The molecule has 0 saturated heterocycles. The number of hydrogen-bond acceptors (Lipinski definition) is 3. The second kappa shape index (κ2) is 5.51. The van der Waals surface area contributed by atoms with Crippen LogP contribution in [0.4, 0.5) is 0 Å². The van der Waals surface area contributed by atoms with Crippen molar-refractivity contribution in [2.45, 2.75) is 13.3 Å². The van der Waals surface area contributed by atoms with Crippen LogP contribution in [-0.2, 0) is 11.2 Å². The monoisotopic (exact) mass is 239 g/mol. The summed E-state index contributed by atoms with van der Waals surface area (Å²) in [6.45, 7) is 2.40. The molecule has 1 aromatic heterocycles. The Labute approximate surface area is 100.0 Å². The molecule has 0 saturated carbocycles. The van der Waals surface area contributed by atoms with Crippen LogP contribution in [0.1, 0.15) is 12.7 Å². The van der Waals surface area contributed by atoms with E-state index in [0.29, 0.717) is 13.0 Å². The minimum absolute atomic E-state index is 0. The van der Waals surface area contributed by atoms with E-state index in [2.05, 4.69) is 9.97 Å². The molecule has 86 valence electrons. The molecule has 2 aromatic rings. The predicted octanol–water partition coefficient (Wildman–Crippen LogP) is 2.54. The van der Waals surface area contributed by atoms with E-state index in [-0.39, 0.29) is 18.3 Å². The number of aromatic amines is 1. The molecule has 0 unspecified atom stereocenters. The number of fused-ring (bicyclic) bond motifs is 1. The SMILES string of the molecule is CCOC(=N)Cc1nc2ccccc2[nH]1.Cl. The van der Waals surface area contributed by atoms with E-state index < -0.39 is 0 Å². The number of ether oxygens (including phenoxy) is 1. The van der Waals surface area contributed by atoms with Crippen LogP contribution in [0, 0.1) is 5.41 Å². The van der Waals surface area contributed by atoms with Crippen molar-refractivity contribution in [1.29, 1.82) is 5.41 Å². The van der Waals surface area contributed by atoms with Crippen molar-refractivity contribution in [2.75, 3.05) is 6.61 Å². The number of nitrogens with zero attached hydrogens (tertiary/aromatic N) is 1. The molecule has 0 aliphatic rings. The maximum absolute atomic E-state index is 7.52. The Morgan fingerprint density at radius 3 is 2.88 bits per heavy atom. The molecule has 0 amide bonds. The zero-order valence-corrected chi connectivity index (χ0v) is 9.80. The largest absolute Gasteiger partial charge is 0.481 e. The van der Waals surface area contributed by atoms with Crippen LogP contribution in [0.5, 0.6) is 0 Å². The van der Waals surface area contributed by atoms with Gasteiger partial charge in [0.2, 0.25) is 0 Å². The van der Waals surface area contributed by atoms with Gasteiger partial charge in [-0.3, -0.25) is 5.41 Å². The van der Waals surface area contributed by atoms with Crippen LogP contribution in [0.15, 0.2) is 24.3 Å². The molecule has 0 radical (unpaired) electrons. The van der Waals surface area contributed by atoms with Gasteiger partial charge >= 0.3 is 0 Å². The highest BCUT2D eigenvalue weighted by atomic mass is 35.5. The number of imidazole rings is 1. The lowest BCUT2D eigenvalue weighted by Gasteiger charge is -2.01. The van der Waals surface area contributed by atoms with Crippen LogP contribution < -0.4 is 0 Å². The number of nitrogens with one attached hydrogen (secondary N) is 2. The minimum Gasteiger partial charge on any atom is -0.481 e. The molecule has 0 aliphatic heterocycles. The van der Waals surface area contributed by atoms with Crippen molar-refractivity contribution in [1.82, 2.24) is 9.97 Å². The molecule has 0 atom stereocenters. The topological polar surface area (TPSA) is 61.8 Å². The van der Waals surface area contributed by atoms with Gasteiger partial charge in [-0.25, -0.2) is 4.98 Å². The van der Waals surface area contributed by atoms with E-state index in [1.54, 1.807) is 0 Å². The molecule has 2 rings (SSSR count). The molecule has 0 fully saturated rings. The highest BCUT2D eigenvalue weighted by Crippen LogP contribution is 2.10. The Morgan fingerprint density at radius 1 is 1.44 bits per heavy atom. The van der Waals surface area contributed by atoms with E-state index in [4.69, 9.17) is 10.1 Å². The summed E-state index contributed by atoms with van der Waals surface area (Å²) >= 11 is 0. The molecule has 0 aliphatic carbocycles. The first-order valence-corrected chi connectivity index (χ1v) is 4.93. The van der Waals surface area contributed by atoms with Crippen molar-refractivity contribution < 1.29 is 4.74 Å². The van der Waals surface area contributed by atoms with Gasteiger partial charge in [-0.05, 0) is 19.1 Å². The van der Waals surface area contributed by atoms with Crippen molar-refractivity contribution in [2.24, 2.45) is 0 Å². The molecule has 5 heteroatoms. The van der Waals surface area contributed by atoms with Crippen molar-refractivity contribution in [3.8, 4) is 0 Å². The fourth-order valence-corrected chi connectivity index (χ4v) is 1.47. The molecule has 4 nitrogen and oxygen atoms in total. The Balaban J connectivity index is 0.00000128. The molecule has 2 N–H and O–H groups in total. The number of hydrogen-bond donors (Lipinski definition) is 2. The zero-order valence-electron chi connectivity index (χ0n) is 8.99. The quantitative estimate of drug-likeness (QED) is 0.639. The second-order valence-corrected chi connectivity index (χ2v) is 3.23. The minimum atomic E-state index is 0. The first kappa shape index (κ1) is 12.5. The first-order chi connectivity index (χ1) is 7.29. The molecule has 0 spiro atoms. The number of halogens is 1. The Kier molecular flexibility index (Phi) is 4.31. The first-order valence-electron chi connectivity index (χ1n) is 4.93. The summed E-state index contributed by atoms with van der Waals surface area (Å²) < 4.78 is 5.07. The van der Waals surface area contributed by atoms with Crippen LogP contribution in [0.25, 0.3) is 11.0 Å². The molecule has 16 heavy (non-hydrogen) atoms. The van der Waals surface area contributed by atoms with E-state index in [1.165, 1.54) is 0 Å². The summed E-state index contributed by atoms with van der Waals surface area (Å²) in [5.41, 5.74) is 1.92. The standard InChI is InChI=1S/C11H13N3O.ClH/c1-2-15-10(12)7-11-13-8-5-3-4-6-9(8)14-11;/h3-6,12H,2,7H2,1H3,(H,13,14);1H. The number of para-hydroxylation sites is 2. The second-order valence-electron chi connectivity index (χ2n) is 3.23. The Bertz CT molecular complexity index is 448. The van der Waals surface area contributed by atoms with Gasteiger partial charge in [0.15, 0.2) is 5.90 Å². The van der Waals surface area contributed by atoms with E-state index in [9.17, 15) is 0 Å². The van der Waals surface area contributed by atoms with E-state index in [1.807, 2.05) is 31.2 Å². The molecule has 0 bridgehead atoms. The maximum atomic E-state index is 7.52. The average molecular weight is 240 g/mol. The molecular formula is C11H14ClN3O. The summed E-state index contributed by atoms with van der Waals surface area (Å²) in [4.78, 5) is 7.51. The maximum Gasteiger partial charge on any atom is 0.188 e. The third-order valence-electron chi connectivity index (χ3n) is 2.08. The number of rotatable bonds is 3. The fourth-order valence-electron chi connectivity index (χ4n) is 1.47. The van der Waals surface area contributed by atoms with Gasteiger partial charge in [-0.15, -0.1) is 12.4 Å². The van der Waals surface area contributed by atoms with Gasteiger partial charge in [0.1, 0.15) is 5.82 Å². The molecule has 1 aromatic carbocycles. The van der Waals surface area contributed by atoms with E-state index >= 15 is 0 Å². The van der Waals surface area contributed by atoms with Crippen LogP contribution in [0.2, 0.25) is 0 Å². The van der Waals surface area contributed by atoms with Crippen molar-refractivity contribution >= 4 is 29.3 Å². The summed E-state index contributed by atoms with van der Waals surface area (Å²) in [6, 6.07) is 7.81. The predicted molar refractivity (Wildman–Crippen MR) is 66.4 cm³/mol. The number of benzene rings is 1. The molecular weight excluding hydrogens is 226 g/mol. The van der Waals surface area contributed by atoms with Gasteiger partial charge in [-0.2, -0.15) is 0 Å². The Morgan fingerprint density at radius 2 is 2.19 bits per heavy atom. The van der Waals surface area contributed by atoms with Gasteiger partial charge in [0.05, 0.1) is 24.1 Å². The lowest BCUT2D eigenvalue weighted by Crippen LogP contribution is -2.07. The van der Waals surface area contributed by atoms with Gasteiger partial charge in [0, 0.05) is 0 Å². The van der Waals surface area contributed by atoms with Gasteiger partial charge in [-0.1, -0.05) is 12.1 Å². The lowest BCUT2D eigenvalue weighted by molar-refractivity contribution is 0.316. The van der Waals surface area contributed by atoms with Crippen LogP contribution >= 0.6 is 12.4 Å². The smallest absolute Gasteiger partial charge is 0.188 e. The summed E-state index contributed by atoms with van der Waals surface area (Å²) in [5, 5.41) is 7.52. The van der Waals surface area contributed by atoms with E-state index in [0.717, 1.165) is 16.9 Å².